The summed E-state index contributed by atoms with van der Waals surface area (Å²) in [7, 11) is 0. The summed E-state index contributed by atoms with van der Waals surface area (Å²) in [5.74, 6) is 0. The van der Waals surface area contributed by atoms with Crippen LogP contribution in [0.1, 0.15) is 18.4 Å². The van der Waals surface area contributed by atoms with E-state index in [0.29, 0.717) is 0 Å². The molecule has 1 aromatic heterocycles. The third-order valence-corrected chi connectivity index (χ3v) is 1.83. The van der Waals surface area contributed by atoms with Gasteiger partial charge < -0.3 is 0 Å². The summed E-state index contributed by atoms with van der Waals surface area (Å²) in [5, 5.41) is 6.70. The summed E-state index contributed by atoms with van der Waals surface area (Å²) in [6.07, 6.45) is 12.7. The fourth-order valence-corrected chi connectivity index (χ4v) is 1.24. The Morgan fingerprint density at radius 3 is 3.00 bits per heavy atom. The standard InChI is InChI=1S/C9H10N2/c1-2-4-8(5-3-1)9-6-10-11-7-9/h2,4-7H,1,3H2,(H,10,11). The Bertz CT molecular complexity index is 281. The van der Waals surface area contributed by atoms with Crippen LogP contribution in [0.4, 0.5) is 0 Å². The highest BCUT2D eigenvalue weighted by Gasteiger charge is 2.00. The Morgan fingerprint density at radius 2 is 2.36 bits per heavy atom. The van der Waals surface area contributed by atoms with Gasteiger partial charge >= 0.3 is 0 Å². The Hall–Kier alpha value is -1.31. The molecule has 0 amide bonds. The molecule has 56 valence electrons. The molecule has 1 heterocycles. The molecule has 11 heavy (non-hydrogen) atoms. The van der Waals surface area contributed by atoms with Crippen molar-refractivity contribution in [3.63, 3.8) is 0 Å². The van der Waals surface area contributed by atoms with Crippen molar-refractivity contribution in [2.24, 2.45) is 0 Å². The first-order valence-electron chi connectivity index (χ1n) is 3.83. The molecule has 0 bridgehead atoms. The molecule has 0 saturated heterocycles. The lowest BCUT2D eigenvalue weighted by atomic mass is 10.0. The molecule has 0 radical (unpaired) electrons. The van der Waals surface area contributed by atoms with Crippen LogP contribution in [0.15, 0.2) is 30.6 Å². The molecule has 0 saturated carbocycles. The van der Waals surface area contributed by atoms with E-state index in [-0.39, 0.29) is 0 Å². The van der Waals surface area contributed by atoms with Crippen LogP contribution in [0.25, 0.3) is 5.57 Å². The predicted molar refractivity (Wildman–Crippen MR) is 44.9 cm³/mol. The molecule has 0 spiro atoms. The number of hydrogen-bond acceptors (Lipinski definition) is 1. The number of nitrogens with zero attached hydrogens (tertiary/aromatic N) is 1. The van der Waals surface area contributed by atoms with Crippen LogP contribution in [0.3, 0.4) is 0 Å². The van der Waals surface area contributed by atoms with Crippen LogP contribution >= 0.6 is 0 Å². The highest BCUT2D eigenvalue weighted by Crippen LogP contribution is 2.19. The zero-order valence-electron chi connectivity index (χ0n) is 6.25. The van der Waals surface area contributed by atoms with E-state index < -0.39 is 0 Å². The highest BCUT2D eigenvalue weighted by atomic mass is 15.1. The Balaban J connectivity index is 2.29. The quantitative estimate of drug-likeness (QED) is 0.646. The van der Waals surface area contributed by atoms with E-state index in [1.165, 1.54) is 17.6 Å². The molecule has 2 heteroatoms. The minimum Gasteiger partial charge on any atom is -0.285 e. The van der Waals surface area contributed by atoms with Gasteiger partial charge in [0.15, 0.2) is 0 Å². The van der Waals surface area contributed by atoms with E-state index in [1.807, 2.05) is 12.4 Å². The predicted octanol–water partition coefficient (Wildman–Crippen LogP) is 2.14. The second kappa shape index (κ2) is 2.74. The van der Waals surface area contributed by atoms with E-state index >= 15 is 0 Å². The lowest BCUT2D eigenvalue weighted by molar-refractivity contribution is 1.04. The molecule has 1 aliphatic rings. The van der Waals surface area contributed by atoms with Gasteiger partial charge in [-0.3, -0.25) is 5.10 Å². The average Bonchev–Trinajstić information content (AvgIpc) is 2.58. The van der Waals surface area contributed by atoms with E-state index in [9.17, 15) is 0 Å². The van der Waals surface area contributed by atoms with Crippen molar-refractivity contribution in [2.75, 3.05) is 0 Å². The van der Waals surface area contributed by atoms with Crippen LogP contribution in [0.5, 0.6) is 0 Å². The molecular formula is C9H10N2. The maximum atomic E-state index is 3.90. The van der Waals surface area contributed by atoms with Gasteiger partial charge in [-0.1, -0.05) is 18.2 Å². The molecule has 0 fully saturated rings. The van der Waals surface area contributed by atoms with Crippen LogP contribution < -0.4 is 0 Å². The molecule has 2 rings (SSSR count). The smallest absolute Gasteiger partial charge is 0.0565 e. The van der Waals surface area contributed by atoms with E-state index in [0.717, 1.165) is 6.42 Å². The van der Waals surface area contributed by atoms with Crippen LogP contribution in [0.2, 0.25) is 0 Å². The number of H-pyrrole nitrogens is 1. The van der Waals surface area contributed by atoms with Gasteiger partial charge in [0.05, 0.1) is 6.20 Å². The summed E-state index contributed by atoms with van der Waals surface area (Å²) >= 11 is 0. The molecule has 1 aliphatic carbocycles. The first-order valence-corrected chi connectivity index (χ1v) is 3.83. The highest BCUT2D eigenvalue weighted by molar-refractivity contribution is 5.73. The monoisotopic (exact) mass is 146 g/mol. The SMILES string of the molecule is C1=CC(c2cn[nH]c2)=CCC1. The molecular weight excluding hydrogens is 136 g/mol. The fraction of sp³-hybridized carbons (Fsp3) is 0.222. The number of allylic oxidation sites excluding steroid dienone is 4. The number of hydrogen-bond donors (Lipinski definition) is 1. The molecule has 0 atom stereocenters. The number of rotatable bonds is 1. The number of nitrogens with one attached hydrogen (secondary N) is 1. The van der Waals surface area contributed by atoms with Crippen LogP contribution in [0, 0.1) is 0 Å². The van der Waals surface area contributed by atoms with E-state index in [2.05, 4.69) is 28.4 Å². The van der Waals surface area contributed by atoms with Gasteiger partial charge in [0.2, 0.25) is 0 Å². The molecule has 0 aromatic carbocycles. The largest absolute Gasteiger partial charge is 0.285 e. The molecule has 1 aromatic rings. The molecule has 1 N–H and O–H groups in total. The van der Waals surface area contributed by atoms with Gasteiger partial charge in [-0.05, 0) is 18.4 Å². The molecule has 2 nitrogen and oxygen atoms in total. The summed E-state index contributed by atoms with van der Waals surface area (Å²) < 4.78 is 0. The summed E-state index contributed by atoms with van der Waals surface area (Å²) in [5.41, 5.74) is 2.46. The maximum absolute atomic E-state index is 3.90. The van der Waals surface area contributed by atoms with Crippen LogP contribution in [-0.2, 0) is 0 Å². The maximum Gasteiger partial charge on any atom is 0.0565 e. The van der Waals surface area contributed by atoms with E-state index in [1.54, 1.807) is 0 Å². The van der Waals surface area contributed by atoms with E-state index in [4.69, 9.17) is 0 Å². The third-order valence-electron chi connectivity index (χ3n) is 1.83. The third kappa shape index (κ3) is 1.24. The normalized spacial score (nSPS) is 16.5. The van der Waals surface area contributed by atoms with Gasteiger partial charge in [-0.25, -0.2) is 0 Å². The van der Waals surface area contributed by atoms with Gasteiger partial charge in [-0.2, -0.15) is 5.10 Å². The topological polar surface area (TPSA) is 28.7 Å². The van der Waals surface area contributed by atoms with Crippen molar-refractivity contribution in [2.45, 2.75) is 12.8 Å². The Kier molecular flexibility index (Phi) is 1.60. The number of aromatic amines is 1. The second-order valence-corrected chi connectivity index (χ2v) is 2.63. The zero-order chi connectivity index (χ0) is 7.52. The van der Waals surface area contributed by atoms with Gasteiger partial charge in [-0.15, -0.1) is 0 Å². The fourth-order valence-electron chi connectivity index (χ4n) is 1.24. The average molecular weight is 146 g/mol. The zero-order valence-corrected chi connectivity index (χ0v) is 6.25. The number of aromatic nitrogens is 2. The lowest BCUT2D eigenvalue weighted by Gasteiger charge is -2.02. The molecule has 0 unspecified atom stereocenters. The summed E-state index contributed by atoms with van der Waals surface area (Å²) in [6, 6.07) is 0. The van der Waals surface area contributed by atoms with Crippen molar-refractivity contribution in [3.8, 4) is 0 Å². The summed E-state index contributed by atoms with van der Waals surface area (Å²) in [4.78, 5) is 0. The lowest BCUT2D eigenvalue weighted by Crippen LogP contribution is -1.82. The van der Waals surface area contributed by atoms with Gasteiger partial charge in [0.25, 0.3) is 0 Å². The minimum absolute atomic E-state index is 1.15. The van der Waals surface area contributed by atoms with Crippen molar-refractivity contribution in [1.29, 1.82) is 0 Å². The van der Waals surface area contributed by atoms with Gasteiger partial charge in [0, 0.05) is 11.8 Å². The van der Waals surface area contributed by atoms with Crippen molar-refractivity contribution in [1.82, 2.24) is 10.2 Å². The Labute approximate surface area is 65.6 Å². The van der Waals surface area contributed by atoms with Crippen molar-refractivity contribution in [3.05, 3.63) is 36.2 Å². The van der Waals surface area contributed by atoms with Crippen LogP contribution in [-0.4, -0.2) is 10.2 Å². The first-order chi connectivity index (χ1) is 5.47. The van der Waals surface area contributed by atoms with Crippen molar-refractivity contribution >= 4 is 5.57 Å². The Morgan fingerprint density at radius 1 is 1.36 bits per heavy atom. The van der Waals surface area contributed by atoms with Crippen molar-refractivity contribution < 1.29 is 0 Å². The van der Waals surface area contributed by atoms with Gasteiger partial charge in [0.1, 0.15) is 0 Å². The minimum atomic E-state index is 1.15. The first kappa shape index (κ1) is 6.40. The summed E-state index contributed by atoms with van der Waals surface area (Å²) in [6.45, 7) is 0. The molecule has 0 aliphatic heterocycles. The second-order valence-electron chi connectivity index (χ2n) is 2.63.